The van der Waals surface area contributed by atoms with Crippen molar-refractivity contribution in [2.45, 2.75) is 39.3 Å². The number of carbonyl (C=O) groups excluding carboxylic acids is 1. The first-order valence-corrected chi connectivity index (χ1v) is 10.2. The Morgan fingerprint density at radius 1 is 1.21 bits per heavy atom. The second kappa shape index (κ2) is 8.41. The summed E-state index contributed by atoms with van der Waals surface area (Å²) in [6.45, 7) is 5.85. The van der Waals surface area contributed by atoms with Crippen LogP contribution in [0.4, 0.5) is 0 Å². The highest BCUT2D eigenvalue weighted by Gasteiger charge is 2.22. The van der Waals surface area contributed by atoms with Crippen LogP contribution in [-0.4, -0.2) is 31.8 Å². The minimum atomic E-state index is -0.116. The van der Waals surface area contributed by atoms with Gasteiger partial charge in [0.15, 0.2) is 11.5 Å². The Balaban J connectivity index is 1.44. The molecule has 0 spiro atoms. The molecule has 7 heteroatoms. The Kier molecular flexibility index (Phi) is 5.72. The monoisotopic (exact) mass is 417 g/mol. The van der Waals surface area contributed by atoms with Crippen molar-refractivity contribution < 1.29 is 23.7 Å². The molecule has 2 aromatic carbocycles. The number of amides is 1. The summed E-state index contributed by atoms with van der Waals surface area (Å²) in [6.07, 6.45) is 1.22. The Morgan fingerprint density at radius 2 is 2.03 bits per heavy atom. The fraction of sp³-hybridized carbons (Fsp3) is 0.409. The summed E-state index contributed by atoms with van der Waals surface area (Å²) in [4.78, 5) is 12.5. The molecule has 1 atom stereocenters. The van der Waals surface area contributed by atoms with E-state index in [0.29, 0.717) is 42.9 Å². The summed E-state index contributed by atoms with van der Waals surface area (Å²) < 4.78 is 22.7. The number of rotatable bonds is 6. The van der Waals surface area contributed by atoms with E-state index in [9.17, 15) is 4.79 Å². The van der Waals surface area contributed by atoms with Crippen LogP contribution in [0.5, 0.6) is 23.0 Å². The van der Waals surface area contributed by atoms with Crippen LogP contribution in [0, 0.1) is 0 Å². The smallest absolute Gasteiger partial charge is 0.224 e. The Hall–Kier alpha value is -2.60. The van der Waals surface area contributed by atoms with Crippen LogP contribution in [0.15, 0.2) is 24.3 Å². The summed E-state index contributed by atoms with van der Waals surface area (Å²) in [5.41, 5.74) is 2.81. The maximum Gasteiger partial charge on any atom is 0.224 e. The van der Waals surface area contributed by atoms with E-state index in [-0.39, 0.29) is 18.4 Å². The SMILES string of the molecule is CCOc1cc2c(cc1CNC(=O)Cc1cc(Cl)c3c(c1)OCCO3)O[C@H](C)C2. The summed E-state index contributed by atoms with van der Waals surface area (Å²) >= 11 is 6.26. The molecule has 0 saturated heterocycles. The normalized spacial score (nSPS) is 16.7. The summed E-state index contributed by atoms with van der Waals surface area (Å²) in [5.74, 6) is 2.65. The molecule has 0 aromatic heterocycles. The lowest BCUT2D eigenvalue weighted by Crippen LogP contribution is -2.25. The van der Waals surface area contributed by atoms with Gasteiger partial charge >= 0.3 is 0 Å². The average Bonchev–Trinajstić information content (AvgIpc) is 3.05. The first-order valence-electron chi connectivity index (χ1n) is 9.83. The van der Waals surface area contributed by atoms with Crippen molar-refractivity contribution in [3.8, 4) is 23.0 Å². The molecule has 0 saturated carbocycles. The number of nitrogens with one attached hydrogen (secondary N) is 1. The van der Waals surface area contributed by atoms with Crippen LogP contribution in [-0.2, 0) is 24.2 Å². The third-order valence-corrected chi connectivity index (χ3v) is 5.16. The van der Waals surface area contributed by atoms with Crippen molar-refractivity contribution in [2.24, 2.45) is 0 Å². The highest BCUT2D eigenvalue weighted by Crippen LogP contribution is 2.38. The molecule has 29 heavy (non-hydrogen) atoms. The molecule has 0 radical (unpaired) electrons. The van der Waals surface area contributed by atoms with E-state index in [1.54, 1.807) is 12.1 Å². The van der Waals surface area contributed by atoms with Gasteiger partial charge in [0.2, 0.25) is 5.91 Å². The summed E-state index contributed by atoms with van der Waals surface area (Å²) in [6, 6.07) is 7.52. The number of halogens is 1. The molecule has 2 aromatic rings. The number of fused-ring (bicyclic) bond motifs is 2. The fourth-order valence-electron chi connectivity index (χ4n) is 3.62. The highest BCUT2D eigenvalue weighted by molar-refractivity contribution is 6.32. The molecule has 2 aliphatic rings. The molecule has 1 amide bonds. The topological polar surface area (TPSA) is 66.0 Å². The fourth-order valence-corrected chi connectivity index (χ4v) is 3.91. The van der Waals surface area contributed by atoms with Gasteiger partial charge in [0, 0.05) is 24.1 Å². The van der Waals surface area contributed by atoms with Gasteiger partial charge in [-0.3, -0.25) is 4.79 Å². The predicted molar refractivity (Wildman–Crippen MR) is 109 cm³/mol. The first kappa shape index (κ1) is 19.7. The predicted octanol–water partition coefficient (Wildman–Crippen LogP) is 3.69. The molecule has 6 nitrogen and oxygen atoms in total. The van der Waals surface area contributed by atoms with Gasteiger partial charge < -0.3 is 24.3 Å². The molecule has 2 heterocycles. The van der Waals surface area contributed by atoms with Crippen LogP contribution in [0.1, 0.15) is 30.5 Å². The summed E-state index contributed by atoms with van der Waals surface area (Å²) in [7, 11) is 0. The standard InChI is InChI=1S/C22H24ClNO5/c1-3-26-18-10-15-6-13(2)29-19(15)11-16(18)12-24-21(25)9-14-7-17(23)22-20(8-14)27-4-5-28-22/h7-8,10-11,13H,3-6,9,12H2,1-2H3,(H,24,25)/t13-/m1/s1. The van der Waals surface area contributed by atoms with E-state index in [4.69, 9.17) is 30.5 Å². The van der Waals surface area contributed by atoms with E-state index < -0.39 is 0 Å². The van der Waals surface area contributed by atoms with Gasteiger partial charge in [0.1, 0.15) is 30.8 Å². The van der Waals surface area contributed by atoms with E-state index >= 15 is 0 Å². The van der Waals surface area contributed by atoms with Gasteiger partial charge in [-0.2, -0.15) is 0 Å². The van der Waals surface area contributed by atoms with Crippen LogP contribution in [0.3, 0.4) is 0 Å². The van der Waals surface area contributed by atoms with Crippen LogP contribution >= 0.6 is 11.6 Å². The maximum absolute atomic E-state index is 12.5. The van der Waals surface area contributed by atoms with Gasteiger partial charge in [-0.15, -0.1) is 0 Å². The van der Waals surface area contributed by atoms with Crippen molar-refractivity contribution in [1.82, 2.24) is 5.32 Å². The highest BCUT2D eigenvalue weighted by atomic mass is 35.5. The molecule has 4 rings (SSSR count). The molecule has 2 aliphatic heterocycles. The quantitative estimate of drug-likeness (QED) is 0.776. The molecule has 1 N–H and O–H groups in total. The largest absolute Gasteiger partial charge is 0.494 e. The lowest BCUT2D eigenvalue weighted by atomic mass is 10.1. The number of hydrogen-bond donors (Lipinski definition) is 1. The minimum absolute atomic E-state index is 0.116. The van der Waals surface area contributed by atoms with Gasteiger partial charge in [-0.05, 0) is 43.7 Å². The average molecular weight is 418 g/mol. The Bertz CT molecular complexity index is 930. The van der Waals surface area contributed by atoms with Crippen LogP contribution in [0.25, 0.3) is 0 Å². The third-order valence-electron chi connectivity index (χ3n) is 4.88. The number of carbonyl (C=O) groups is 1. The van der Waals surface area contributed by atoms with Gasteiger partial charge in [-0.1, -0.05) is 11.6 Å². The first-order chi connectivity index (χ1) is 14.0. The summed E-state index contributed by atoms with van der Waals surface area (Å²) in [5, 5.41) is 3.41. The van der Waals surface area contributed by atoms with E-state index in [2.05, 4.69) is 5.32 Å². The Morgan fingerprint density at radius 3 is 2.86 bits per heavy atom. The zero-order chi connectivity index (χ0) is 20.4. The van der Waals surface area contributed by atoms with Crippen molar-refractivity contribution in [3.05, 3.63) is 46.0 Å². The zero-order valence-corrected chi connectivity index (χ0v) is 17.3. The molecule has 0 bridgehead atoms. The lowest BCUT2D eigenvalue weighted by Gasteiger charge is -2.20. The molecule has 0 unspecified atom stereocenters. The van der Waals surface area contributed by atoms with Crippen LogP contribution in [0.2, 0.25) is 5.02 Å². The molecular weight excluding hydrogens is 394 g/mol. The molecular formula is C22H24ClNO5. The molecule has 0 aliphatic carbocycles. The van der Waals surface area contributed by atoms with E-state index in [0.717, 1.165) is 34.6 Å². The van der Waals surface area contributed by atoms with Crippen molar-refractivity contribution in [3.63, 3.8) is 0 Å². The van der Waals surface area contributed by atoms with Crippen molar-refractivity contribution >= 4 is 17.5 Å². The number of benzene rings is 2. The van der Waals surface area contributed by atoms with Gasteiger partial charge in [0.25, 0.3) is 0 Å². The van der Waals surface area contributed by atoms with Gasteiger partial charge in [0.05, 0.1) is 18.1 Å². The number of hydrogen-bond acceptors (Lipinski definition) is 5. The van der Waals surface area contributed by atoms with Crippen LogP contribution < -0.4 is 24.3 Å². The zero-order valence-electron chi connectivity index (χ0n) is 16.5. The van der Waals surface area contributed by atoms with E-state index in [1.807, 2.05) is 26.0 Å². The third kappa shape index (κ3) is 4.37. The van der Waals surface area contributed by atoms with Crippen molar-refractivity contribution in [1.29, 1.82) is 0 Å². The lowest BCUT2D eigenvalue weighted by molar-refractivity contribution is -0.120. The maximum atomic E-state index is 12.5. The Labute approximate surface area is 175 Å². The second-order valence-electron chi connectivity index (χ2n) is 7.19. The van der Waals surface area contributed by atoms with Crippen molar-refractivity contribution in [2.75, 3.05) is 19.8 Å². The molecule has 154 valence electrons. The number of ether oxygens (including phenoxy) is 4. The molecule has 0 fully saturated rings. The second-order valence-corrected chi connectivity index (χ2v) is 7.60. The minimum Gasteiger partial charge on any atom is -0.494 e. The van der Waals surface area contributed by atoms with E-state index in [1.165, 1.54) is 0 Å². The van der Waals surface area contributed by atoms with Gasteiger partial charge in [-0.25, -0.2) is 0 Å².